The summed E-state index contributed by atoms with van der Waals surface area (Å²) in [4.78, 5) is 13.3. The van der Waals surface area contributed by atoms with Crippen molar-refractivity contribution in [2.75, 3.05) is 5.73 Å². The van der Waals surface area contributed by atoms with Crippen molar-refractivity contribution in [2.24, 2.45) is 0 Å². The van der Waals surface area contributed by atoms with E-state index in [1.165, 1.54) is 12.1 Å². The quantitative estimate of drug-likeness (QED) is 0.628. The van der Waals surface area contributed by atoms with Crippen LogP contribution in [0.5, 0.6) is 0 Å². The molecule has 6 nitrogen and oxygen atoms in total. The number of hydrogen-bond acceptors (Lipinski definition) is 5. The van der Waals surface area contributed by atoms with Crippen molar-refractivity contribution in [3.63, 3.8) is 0 Å². The van der Waals surface area contributed by atoms with Gasteiger partial charge >= 0.3 is 0 Å². The molecule has 0 bridgehead atoms. The van der Waals surface area contributed by atoms with Gasteiger partial charge < -0.3 is 5.73 Å². The van der Waals surface area contributed by atoms with Gasteiger partial charge in [-0.1, -0.05) is 61.4 Å². The molecule has 0 saturated heterocycles. The van der Waals surface area contributed by atoms with Crippen LogP contribution in [0.1, 0.15) is 46.1 Å². The maximum Gasteiger partial charge on any atom is 0.269 e. The van der Waals surface area contributed by atoms with Gasteiger partial charge in [-0.25, -0.2) is 12.4 Å². The summed E-state index contributed by atoms with van der Waals surface area (Å²) in [6.07, 6.45) is 0.981. The molecule has 0 atom stereocenters. The molecule has 1 heterocycles. The summed E-state index contributed by atoms with van der Waals surface area (Å²) in [5.74, 6) is -0.728. The predicted molar refractivity (Wildman–Crippen MR) is 111 cm³/mol. The molecule has 1 aromatic heterocycles. The number of aryl methyl sites for hydroxylation is 1. The van der Waals surface area contributed by atoms with E-state index in [0.717, 1.165) is 9.54 Å². The van der Waals surface area contributed by atoms with Gasteiger partial charge in [0, 0.05) is 11.1 Å². The lowest BCUT2D eigenvalue weighted by Crippen LogP contribution is -2.21. The zero-order valence-electron chi connectivity index (χ0n) is 16.2. The van der Waals surface area contributed by atoms with Gasteiger partial charge in [0.25, 0.3) is 10.0 Å². The SMILES string of the molecule is CCCc1c(C#N)c(N)n(S(=O)(=O)c2ccc(C)cc2)c1C(=O)c1ccccc1. The van der Waals surface area contributed by atoms with Crippen LogP contribution in [0.4, 0.5) is 5.82 Å². The molecular formula is C22H21N3O3S. The lowest BCUT2D eigenvalue weighted by Gasteiger charge is -2.13. The van der Waals surface area contributed by atoms with Crippen molar-refractivity contribution in [2.45, 2.75) is 31.6 Å². The number of nitrogens with two attached hydrogens (primary N) is 1. The molecule has 0 aliphatic rings. The van der Waals surface area contributed by atoms with E-state index in [1.807, 2.05) is 19.9 Å². The lowest BCUT2D eigenvalue weighted by atomic mass is 10.0. The predicted octanol–water partition coefficient (Wildman–Crippen LogP) is 3.67. The van der Waals surface area contributed by atoms with Crippen molar-refractivity contribution in [1.82, 2.24) is 3.97 Å². The Balaban J connectivity index is 2.36. The van der Waals surface area contributed by atoms with Gasteiger partial charge in [-0.15, -0.1) is 0 Å². The van der Waals surface area contributed by atoms with Crippen molar-refractivity contribution < 1.29 is 13.2 Å². The van der Waals surface area contributed by atoms with E-state index in [-0.39, 0.29) is 22.0 Å². The van der Waals surface area contributed by atoms with Crippen LogP contribution < -0.4 is 5.73 Å². The number of carbonyl (C=O) groups excluding carboxylic acids is 1. The highest BCUT2D eigenvalue weighted by molar-refractivity contribution is 7.90. The van der Waals surface area contributed by atoms with Gasteiger partial charge in [-0.3, -0.25) is 4.79 Å². The Hall–Kier alpha value is -3.37. The van der Waals surface area contributed by atoms with Crippen LogP contribution in [0.2, 0.25) is 0 Å². The first-order chi connectivity index (χ1) is 13.8. The van der Waals surface area contributed by atoms with Crippen molar-refractivity contribution in [1.29, 1.82) is 5.26 Å². The Kier molecular flexibility index (Phi) is 5.57. The third-order valence-corrected chi connectivity index (χ3v) is 6.42. The van der Waals surface area contributed by atoms with E-state index in [2.05, 4.69) is 0 Å². The average molecular weight is 407 g/mol. The van der Waals surface area contributed by atoms with Crippen LogP contribution in [0.3, 0.4) is 0 Å². The number of benzene rings is 2. The lowest BCUT2D eigenvalue weighted by molar-refractivity contribution is 0.103. The minimum Gasteiger partial charge on any atom is -0.383 e. The molecule has 29 heavy (non-hydrogen) atoms. The molecule has 2 N–H and O–H groups in total. The van der Waals surface area contributed by atoms with Gasteiger partial charge in [0.2, 0.25) is 5.78 Å². The van der Waals surface area contributed by atoms with Crippen LogP contribution in [-0.4, -0.2) is 18.2 Å². The highest BCUT2D eigenvalue weighted by Crippen LogP contribution is 2.32. The number of anilines is 1. The second-order valence-corrected chi connectivity index (χ2v) is 8.51. The summed E-state index contributed by atoms with van der Waals surface area (Å²) in [7, 11) is -4.18. The molecule has 7 heteroatoms. The van der Waals surface area contributed by atoms with Crippen molar-refractivity contribution >= 4 is 21.6 Å². The molecular weight excluding hydrogens is 386 g/mol. The first-order valence-corrected chi connectivity index (χ1v) is 10.6. The van der Waals surface area contributed by atoms with Crippen molar-refractivity contribution in [3.8, 4) is 6.07 Å². The van der Waals surface area contributed by atoms with Gasteiger partial charge in [0.05, 0.1) is 10.5 Å². The second kappa shape index (κ2) is 7.94. The molecule has 0 amide bonds. The maximum atomic E-state index is 13.4. The van der Waals surface area contributed by atoms with E-state index < -0.39 is 15.8 Å². The number of aromatic nitrogens is 1. The van der Waals surface area contributed by atoms with E-state index in [9.17, 15) is 18.5 Å². The van der Waals surface area contributed by atoms with Gasteiger partial charge in [0.15, 0.2) is 0 Å². The van der Waals surface area contributed by atoms with Gasteiger partial charge in [-0.2, -0.15) is 5.26 Å². The molecule has 3 rings (SSSR count). The molecule has 0 saturated carbocycles. The number of nitrogens with zero attached hydrogens (tertiary/aromatic N) is 2. The summed E-state index contributed by atoms with van der Waals surface area (Å²) in [6, 6.07) is 16.6. The van der Waals surface area contributed by atoms with Crippen LogP contribution >= 0.6 is 0 Å². The zero-order chi connectivity index (χ0) is 21.2. The van der Waals surface area contributed by atoms with Crippen molar-refractivity contribution in [3.05, 3.63) is 82.5 Å². The fourth-order valence-corrected chi connectivity index (χ4v) is 4.73. The summed E-state index contributed by atoms with van der Waals surface area (Å²) < 4.78 is 27.7. The monoisotopic (exact) mass is 407 g/mol. The van der Waals surface area contributed by atoms with Gasteiger partial charge in [0.1, 0.15) is 17.6 Å². The Bertz CT molecular complexity index is 1200. The standard InChI is InChI=1S/C22H21N3O3S/c1-3-7-18-19(14-23)22(24)25(20(18)21(26)16-8-5-4-6-9-16)29(27,28)17-12-10-15(2)11-13-17/h4-6,8-13H,3,7,24H2,1-2H3. The van der Waals surface area contributed by atoms with E-state index in [1.54, 1.807) is 42.5 Å². The Morgan fingerprint density at radius 3 is 2.28 bits per heavy atom. The summed E-state index contributed by atoms with van der Waals surface area (Å²) >= 11 is 0. The molecule has 0 radical (unpaired) electrons. The summed E-state index contributed by atoms with van der Waals surface area (Å²) in [6.45, 7) is 3.73. The first kappa shape index (κ1) is 20.4. The van der Waals surface area contributed by atoms with E-state index in [0.29, 0.717) is 24.0 Å². The minimum atomic E-state index is -4.18. The third-order valence-electron chi connectivity index (χ3n) is 4.69. The summed E-state index contributed by atoms with van der Waals surface area (Å²) in [5.41, 5.74) is 7.66. The van der Waals surface area contributed by atoms with E-state index >= 15 is 0 Å². The number of rotatable bonds is 6. The van der Waals surface area contributed by atoms with Gasteiger partial charge in [-0.05, 0) is 25.5 Å². The van der Waals surface area contributed by atoms with E-state index in [4.69, 9.17) is 5.73 Å². The smallest absolute Gasteiger partial charge is 0.269 e. The third kappa shape index (κ3) is 3.55. The molecule has 0 aliphatic heterocycles. The molecule has 0 fully saturated rings. The summed E-state index contributed by atoms with van der Waals surface area (Å²) in [5, 5.41) is 9.64. The highest BCUT2D eigenvalue weighted by atomic mass is 32.2. The van der Waals surface area contributed by atoms with Crippen LogP contribution in [0, 0.1) is 18.3 Å². The normalized spacial score (nSPS) is 11.2. The minimum absolute atomic E-state index is 0.000509. The molecule has 0 spiro atoms. The Morgan fingerprint density at radius 2 is 1.72 bits per heavy atom. The maximum absolute atomic E-state index is 13.4. The average Bonchev–Trinajstić information content (AvgIpc) is 3.00. The van der Waals surface area contributed by atoms with Crippen LogP contribution in [0.25, 0.3) is 0 Å². The number of hydrogen-bond donors (Lipinski definition) is 1. The number of ketones is 1. The molecule has 148 valence electrons. The second-order valence-electron chi connectivity index (χ2n) is 6.73. The molecule has 0 aliphatic carbocycles. The van der Waals surface area contributed by atoms with Crippen LogP contribution in [-0.2, 0) is 16.4 Å². The Labute approximate surface area is 170 Å². The fourth-order valence-electron chi connectivity index (χ4n) is 3.26. The molecule has 0 unspecified atom stereocenters. The molecule has 3 aromatic rings. The number of carbonyl (C=O) groups is 1. The first-order valence-electron chi connectivity index (χ1n) is 9.18. The number of nitriles is 1. The molecule has 2 aromatic carbocycles. The fraction of sp³-hybridized carbons (Fsp3) is 0.182. The topological polar surface area (TPSA) is 106 Å². The Morgan fingerprint density at radius 1 is 1.10 bits per heavy atom. The van der Waals surface area contributed by atoms with Crippen LogP contribution in [0.15, 0.2) is 59.5 Å². The highest BCUT2D eigenvalue weighted by Gasteiger charge is 2.33. The number of nitrogen functional groups attached to an aromatic ring is 1. The zero-order valence-corrected chi connectivity index (χ0v) is 17.0. The largest absolute Gasteiger partial charge is 0.383 e.